The van der Waals surface area contributed by atoms with Gasteiger partial charge in [-0.3, -0.25) is 0 Å². The van der Waals surface area contributed by atoms with Crippen LogP contribution in [0.1, 0.15) is 0 Å². The third-order valence-electron chi connectivity index (χ3n) is 0. The average molecular weight is 252 g/mol. The first-order valence-electron chi connectivity index (χ1n) is 0. The fourth-order valence-electron chi connectivity index (χ4n) is 0. The molecule has 0 aromatic carbocycles. The van der Waals surface area contributed by atoms with Gasteiger partial charge in [0.25, 0.3) is 0 Å². The largest absolute Gasteiger partial charge is 2.00 e. The minimum atomic E-state index is 0. The molecule has 0 aliphatic rings. The van der Waals surface area contributed by atoms with Gasteiger partial charge in [-0.25, -0.2) is 0 Å². The molecule has 2 nitrogen and oxygen atoms in total. The van der Waals surface area contributed by atoms with E-state index in [1.54, 1.807) is 0 Å². The van der Waals surface area contributed by atoms with Gasteiger partial charge in [-0.2, -0.15) is 0 Å². The van der Waals surface area contributed by atoms with Crippen molar-refractivity contribution in [1.82, 2.24) is 0 Å². The first-order chi connectivity index (χ1) is 0. The zero-order valence-electron chi connectivity index (χ0n) is 2.11. The fourth-order valence-corrected chi connectivity index (χ4v) is 0. The molecule has 5 heavy (non-hydrogen) atoms. The third kappa shape index (κ3) is 31.9. The van der Waals surface area contributed by atoms with Gasteiger partial charge < -0.3 is 44.9 Å². The number of hydrogen-bond acceptors (Lipinski definition) is 0. The van der Waals surface area contributed by atoms with Crippen molar-refractivity contribution >= 4 is 0 Å². The Hall–Kier alpha value is 1.40. The summed E-state index contributed by atoms with van der Waals surface area (Å²) in [5.41, 5.74) is 0. The van der Waals surface area contributed by atoms with Crippen molar-refractivity contribution in [3.63, 3.8) is 0 Å². The van der Waals surface area contributed by atoms with Gasteiger partial charge in [0, 0.05) is 0 Å². The number of rotatable bonds is 0. The molecule has 4 N–H and O–H groups in total. The van der Waals surface area contributed by atoms with Gasteiger partial charge in [0.1, 0.15) is 0 Å². The monoisotopic (exact) mass is 250 g/mol. The van der Waals surface area contributed by atoms with Crippen molar-refractivity contribution < 1.29 is 62.0 Å². The molecule has 0 saturated heterocycles. The van der Waals surface area contributed by atoms with Crippen molar-refractivity contribution in [2.75, 3.05) is 0 Å². The van der Waals surface area contributed by atoms with Crippen molar-refractivity contribution in [2.24, 2.45) is 0 Å². The van der Waals surface area contributed by atoms with Crippen LogP contribution in [0.3, 0.4) is 0 Å². The Morgan fingerprint density at radius 2 is 0.600 bits per heavy atom. The molecule has 0 fully saturated rings. The fraction of sp³-hybridized carbons (Fsp3) is 0. The molecule has 0 unspecified atom stereocenters. The van der Waals surface area contributed by atoms with Crippen LogP contribution in [-0.2, 0) is 17.1 Å². The second-order valence-electron chi connectivity index (χ2n) is 0. The molecule has 0 saturated carbocycles. The van der Waals surface area contributed by atoms with Crippen LogP contribution in [0.25, 0.3) is 0 Å². The van der Waals surface area contributed by atoms with Gasteiger partial charge in [0.15, 0.2) is 0 Å². The van der Waals surface area contributed by atoms with Crippen molar-refractivity contribution in [1.29, 1.82) is 0 Å². The maximum Gasteiger partial charge on any atom is 2.00 e. The molecule has 0 aromatic heterocycles. The second kappa shape index (κ2) is 53.4. The van der Waals surface area contributed by atoms with Crippen LogP contribution >= 0.6 is 0 Å². The smallest absolute Gasteiger partial charge is 1.00 e. The molecule has 0 spiro atoms. The van der Waals surface area contributed by atoms with E-state index in [-0.39, 0.29) is 62.0 Å². The van der Waals surface area contributed by atoms with E-state index in [0.29, 0.717) is 0 Å². The number of hydrogen-bond donors (Lipinski definition) is 0. The SMILES string of the molecule is O.O.[Br-].[Br-].[Fe+2]. The molecule has 5 heteroatoms. The van der Waals surface area contributed by atoms with Crippen molar-refractivity contribution in [3.05, 3.63) is 0 Å². The van der Waals surface area contributed by atoms with Gasteiger partial charge in [0.05, 0.1) is 0 Å². The van der Waals surface area contributed by atoms with Crippen LogP contribution in [0.4, 0.5) is 0 Å². The summed E-state index contributed by atoms with van der Waals surface area (Å²) >= 11 is 0. The molecule has 0 aliphatic heterocycles. The summed E-state index contributed by atoms with van der Waals surface area (Å²) in [4.78, 5) is 0. The van der Waals surface area contributed by atoms with Gasteiger partial charge in [-0.15, -0.1) is 0 Å². The van der Waals surface area contributed by atoms with Crippen LogP contribution in [0.5, 0.6) is 0 Å². The normalized spacial score (nSPS) is 0. The first kappa shape index (κ1) is 95.3. The molecule has 0 atom stereocenters. The molecule has 0 aliphatic carbocycles. The van der Waals surface area contributed by atoms with Gasteiger partial charge >= 0.3 is 17.1 Å². The minimum Gasteiger partial charge on any atom is -1.00 e. The van der Waals surface area contributed by atoms with E-state index in [1.807, 2.05) is 0 Å². The molecule has 0 radical (unpaired) electrons. The van der Waals surface area contributed by atoms with Crippen LogP contribution in [-0.4, -0.2) is 11.0 Å². The van der Waals surface area contributed by atoms with Crippen LogP contribution in [0.2, 0.25) is 0 Å². The summed E-state index contributed by atoms with van der Waals surface area (Å²) in [6, 6.07) is 0. The molecule has 0 bridgehead atoms. The van der Waals surface area contributed by atoms with E-state index in [2.05, 4.69) is 0 Å². The van der Waals surface area contributed by atoms with Crippen LogP contribution < -0.4 is 34.0 Å². The summed E-state index contributed by atoms with van der Waals surface area (Å²) in [6.07, 6.45) is 0. The van der Waals surface area contributed by atoms with E-state index >= 15 is 0 Å². The maximum absolute atomic E-state index is 0. The third-order valence-corrected chi connectivity index (χ3v) is 0. The zero-order valence-corrected chi connectivity index (χ0v) is 6.39. The van der Waals surface area contributed by atoms with E-state index in [4.69, 9.17) is 0 Å². The summed E-state index contributed by atoms with van der Waals surface area (Å²) in [5, 5.41) is 0. The Bertz CT molecular complexity index is 7.61. The first-order valence-corrected chi connectivity index (χ1v) is 0. The second-order valence-corrected chi connectivity index (χ2v) is 0. The Balaban J connectivity index is 0. The van der Waals surface area contributed by atoms with E-state index < -0.39 is 0 Å². The topological polar surface area (TPSA) is 63.0 Å². The molecule has 38 valence electrons. The molecule has 0 rings (SSSR count). The van der Waals surface area contributed by atoms with Gasteiger partial charge in [-0.05, 0) is 0 Å². The average Bonchev–Trinajstić information content (AvgIpc) is 0. The minimum absolute atomic E-state index is 0. The quantitative estimate of drug-likeness (QED) is 0.384. The predicted octanol–water partition coefficient (Wildman–Crippen LogP) is -7.64. The Labute approximate surface area is 62.0 Å². The van der Waals surface area contributed by atoms with E-state index in [1.165, 1.54) is 0 Å². The summed E-state index contributed by atoms with van der Waals surface area (Å²) < 4.78 is 0. The molecule has 0 aromatic rings. The Morgan fingerprint density at radius 3 is 0.600 bits per heavy atom. The van der Waals surface area contributed by atoms with Crippen LogP contribution in [0.15, 0.2) is 0 Å². The molecule has 0 heterocycles. The molecular weight excluding hydrogens is 248 g/mol. The molecular formula is H4Br2FeO2. The van der Waals surface area contributed by atoms with Crippen LogP contribution in [0, 0.1) is 0 Å². The van der Waals surface area contributed by atoms with E-state index in [0.717, 1.165) is 0 Å². The van der Waals surface area contributed by atoms with E-state index in [9.17, 15) is 0 Å². The van der Waals surface area contributed by atoms with Gasteiger partial charge in [-0.1, -0.05) is 0 Å². The van der Waals surface area contributed by atoms with Gasteiger partial charge in [0.2, 0.25) is 0 Å². The van der Waals surface area contributed by atoms with Crippen molar-refractivity contribution in [3.8, 4) is 0 Å². The number of halogens is 2. The maximum atomic E-state index is 0. The summed E-state index contributed by atoms with van der Waals surface area (Å²) in [5.74, 6) is 0. The summed E-state index contributed by atoms with van der Waals surface area (Å²) in [6.45, 7) is 0. The van der Waals surface area contributed by atoms with Crippen molar-refractivity contribution in [2.45, 2.75) is 0 Å². The molecule has 0 amide bonds. The summed E-state index contributed by atoms with van der Waals surface area (Å²) in [7, 11) is 0. The standard InChI is InChI=1S/2BrH.Fe.2H2O/h2*1H;;2*1H2/q;;+2;;/p-2. The zero-order chi connectivity index (χ0) is 0. The Morgan fingerprint density at radius 1 is 0.600 bits per heavy atom. The Kier molecular flexibility index (Phi) is 1020. The predicted molar refractivity (Wildman–Crippen MR) is 7.23 cm³/mol.